The second kappa shape index (κ2) is 8.28. The van der Waals surface area contributed by atoms with Crippen molar-refractivity contribution in [1.29, 1.82) is 0 Å². The van der Waals surface area contributed by atoms with Crippen molar-refractivity contribution in [2.75, 3.05) is 0 Å². The van der Waals surface area contributed by atoms with Gasteiger partial charge in [-0.3, -0.25) is 9.59 Å². The molecule has 0 saturated heterocycles. The van der Waals surface area contributed by atoms with E-state index in [4.69, 9.17) is 14.9 Å². The third kappa shape index (κ3) is 3.98. The zero-order valence-electron chi connectivity index (χ0n) is 16.9. The second-order valence-corrected chi connectivity index (χ2v) is 8.19. The Morgan fingerprint density at radius 2 is 1.81 bits per heavy atom. The molecule has 5 rings (SSSR count). The Labute approximate surface area is 187 Å². The van der Waals surface area contributed by atoms with Crippen LogP contribution in [0.2, 0.25) is 0 Å². The lowest BCUT2D eigenvalue weighted by atomic mass is 10.1. The van der Waals surface area contributed by atoms with Crippen molar-refractivity contribution in [2.45, 2.75) is 13.0 Å². The minimum atomic E-state index is -0.471. The molecule has 32 heavy (non-hydrogen) atoms. The molecule has 0 aliphatic heterocycles. The van der Waals surface area contributed by atoms with Gasteiger partial charge in [-0.25, -0.2) is 4.98 Å². The van der Waals surface area contributed by atoms with E-state index in [0.717, 1.165) is 32.3 Å². The first-order valence-electron chi connectivity index (χ1n) is 9.97. The van der Waals surface area contributed by atoms with Crippen LogP contribution in [-0.4, -0.2) is 16.9 Å². The van der Waals surface area contributed by atoms with Gasteiger partial charge in [0.25, 0.3) is 0 Å². The molecule has 0 spiro atoms. The number of ether oxygens (including phenoxy) is 1. The van der Waals surface area contributed by atoms with Crippen molar-refractivity contribution in [2.24, 2.45) is 5.73 Å². The van der Waals surface area contributed by atoms with Crippen LogP contribution < -0.4 is 5.73 Å². The molecule has 0 unspecified atom stereocenters. The summed E-state index contributed by atoms with van der Waals surface area (Å²) in [5.41, 5.74) is 7.99. The van der Waals surface area contributed by atoms with Crippen LogP contribution in [0.25, 0.3) is 32.3 Å². The fraction of sp³-hybridized carbons (Fsp3) is 0.0800. The lowest BCUT2D eigenvalue weighted by Gasteiger charge is -2.01. The first-order chi connectivity index (χ1) is 15.6. The number of rotatable bonds is 6. The number of fused-ring (bicyclic) bond motifs is 3. The average molecular weight is 442 g/mol. The van der Waals surface area contributed by atoms with Crippen molar-refractivity contribution >= 4 is 45.0 Å². The smallest absolute Gasteiger partial charge is 0.313 e. The van der Waals surface area contributed by atoms with Crippen molar-refractivity contribution in [3.8, 4) is 10.6 Å². The number of hydrogen-bond acceptors (Lipinski definition) is 6. The van der Waals surface area contributed by atoms with E-state index in [1.807, 2.05) is 47.8 Å². The van der Waals surface area contributed by atoms with E-state index in [0.29, 0.717) is 17.0 Å². The van der Waals surface area contributed by atoms with Gasteiger partial charge in [0, 0.05) is 21.9 Å². The van der Waals surface area contributed by atoms with Crippen molar-refractivity contribution in [3.05, 3.63) is 89.1 Å². The van der Waals surface area contributed by atoms with Gasteiger partial charge in [-0.15, -0.1) is 11.3 Å². The minimum Gasteiger partial charge on any atom is -0.460 e. The molecule has 5 aromatic rings. The number of amides is 1. The highest BCUT2D eigenvalue weighted by molar-refractivity contribution is 7.13. The Morgan fingerprint density at radius 1 is 1.00 bits per heavy atom. The Morgan fingerprint density at radius 3 is 2.62 bits per heavy atom. The van der Waals surface area contributed by atoms with Gasteiger partial charge in [0.1, 0.15) is 29.4 Å². The third-order valence-electron chi connectivity index (χ3n) is 5.14. The molecule has 0 fully saturated rings. The quantitative estimate of drug-likeness (QED) is 0.369. The number of hydrogen-bond donors (Lipinski definition) is 1. The van der Waals surface area contributed by atoms with Gasteiger partial charge in [0.05, 0.1) is 5.69 Å². The zero-order valence-corrected chi connectivity index (χ0v) is 17.7. The first kappa shape index (κ1) is 20.0. The highest BCUT2D eigenvalue weighted by Gasteiger charge is 2.13. The molecule has 3 aromatic carbocycles. The molecular weight excluding hydrogens is 424 g/mol. The molecule has 0 aliphatic carbocycles. The molecule has 7 heteroatoms. The number of benzene rings is 3. The molecule has 0 atom stereocenters. The summed E-state index contributed by atoms with van der Waals surface area (Å²) in [6, 6.07) is 20.8. The highest BCUT2D eigenvalue weighted by atomic mass is 32.1. The standard InChI is InChI=1S/C25H18N2O4S/c26-24(29)16-5-7-17(8-6-16)25-27-18(14-32-25)13-30-23(28)12-19-11-21-20-4-2-1-3-15(20)9-10-22(21)31-19/h1-11,14H,12-13H2,(H2,26,29). The monoisotopic (exact) mass is 442 g/mol. The largest absolute Gasteiger partial charge is 0.460 e. The van der Waals surface area contributed by atoms with Crippen LogP contribution in [0.3, 0.4) is 0 Å². The van der Waals surface area contributed by atoms with Crippen LogP contribution >= 0.6 is 11.3 Å². The van der Waals surface area contributed by atoms with Gasteiger partial charge in [-0.2, -0.15) is 0 Å². The summed E-state index contributed by atoms with van der Waals surface area (Å²) in [6.07, 6.45) is 0.0502. The molecule has 2 heterocycles. The number of aromatic nitrogens is 1. The van der Waals surface area contributed by atoms with Crippen LogP contribution in [0, 0.1) is 0 Å². The van der Waals surface area contributed by atoms with Crippen LogP contribution in [0.1, 0.15) is 21.8 Å². The predicted molar refractivity (Wildman–Crippen MR) is 123 cm³/mol. The minimum absolute atomic E-state index is 0.0502. The topological polar surface area (TPSA) is 95.4 Å². The van der Waals surface area contributed by atoms with E-state index in [-0.39, 0.29) is 19.0 Å². The maximum absolute atomic E-state index is 12.4. The van der Waals surface area contributed by atoms with Gasteiger partial charge >= 0.3 is 5.97 Å². The van der Waals surface area contributed by atoms with Crippen LogP contribution in [0.15, 0.2) is 76.5 Å². The molecule has 158 valence electrons. The SMILES string of the molecule is NC(=O)c1ccc(-c2nc(COC(=O)Cc3cc4c(ccc5ccccc54)o3)cs2)cc1. The number of furan rings is 1. The fourth-order valence-electron chi connectivity index (χ4n) is 3.56. The van der Waals surface area contributed by atoms with Gasteiger partial charge in [0.2, 0.25) is 5.91 Å². The summed E-state index contributed by atoms with van der Waals surface area (Å²) < 4.78 is 11.2. The van der Waals surface area contributed by atoms with Crippen molar-refractivity contribution in [3.63, 3.8) is 0 Å². The van der Waals surface area contributed by atoms with E-state index >= 15 is 0 Å². The molecule has 0 bridgehead atoms. The van der Waals surface area contributed by atoms with Crippen molar-refractivity contribution in [1.82, 2.24) is 4.98 Å². The number of carbonyl (C=O) groups excluding carboxylic acids is 2. The maximum atomic E-state index is 12.4. The number of primary amides is 1. The third-order valence-corrected chi connectivity index (χ3v) is 6.08. The van der Waals surface area contributed by atoms with Gasteiger partial charge in [-0.05, 0) is 35.0 Å². The molecule has 1 amide bonds. The lowest BCUT2D eigenvalue weighted by Crippen LogP contribution is -2.10. The number of thiazole rings is 1. The van der Waals surface area contributed by atoms with E-state index in [9.17, 15) is 9.59 Å². The Bertz CT molecular complexity index is 1450. The second-order valence-electron chi connectivity index (χ2n) is 7.33. The molecule has 6 nitrogen and oxygen atoms in total. The molecule has 2 N–H and O–H groups in total. The summed E-state index contributed by atoms with van der Waals surface area (Å²) in [5, 5.41) is 5.82. The van der Waals surface area contributed by atoms with Crippen LogP contribution in [0.4, 0.5) is 0 Å². The van der Waals surface area contributed by atoms with Crippen LogP contribution in [-0.2, 0) is 22.6 Å². The normalized spacial score (nSPS) is 11.1. The molecule has 0 radical (unpaired) electrons. The van der Waals surface area contributed by atoms with E-state index in [1.165, 1.54) is 11.3 Å². The summed E-state index contributed by atoms with van der Waals surface area (Å²) in [7, 11) is 0. The lowest BCUT2D eigenvalue weighted by molar-refractivity contribution is -0.144. The van der Waals surface area contributed by atoms with Gasteiger partial charge in [0.15, 0.2) is 0 Å². The fourth-order valence-corrected chi connectivity index (χ4v) is 4.37. The van der Waals surface area contributed by atoms with Gasteiger partial charge < -0.3 is 14.9 Å². The molecule has 0 saturated carbocycles. The number of carbonyl (C=O) groups is 2. The maximum Gasteiger partial charge on any atom is 0.313 e. The van der Waals surface area contributed by atoms with Crippen molar-refractivity contribution < 1.29 is 18.7 Å². The Balaban J connectivity index is 1.24. The zero-order chi connectivity index (χ0) is 22.1. The number of nitrogens with zero attached hydrogens (tertiary/aromatic N) is 1. The number of nitrogens with two attached hydrogens (primary N) is 1. The number of esters is 1. The Kier molecular flexibility index (Phi) is 5.17. The summed E-state index contributed by atoms with van der Waals surface area (Å²) >= 11 is 1.44. The van der Waals surface area contributed by atoms with Crippen LogP contribution in [0.5, 0.6) is 0 Å². The molecular formula is C25H18N2O4S. The van der Waals surface area contributed by atoms with Gasteiger partial charge in [-0.1, -0.05) is 42.5 Å². The molecule has 2 aromatic heterocycles. The highest BCUT2D eigenvalue weighted by Crippen LogP contribution is 2.28. The summed E-state index contributed by atoms with van der Waals surface area (Å²) in [6.45, 7) is 0.0812. The van der Waals surface area contributed by atoms with E-state index < -0.39 is 5.91 Å². The predicted octanol–water partition coefficient (Wildman–Crippen LogP) is 5.09. The van der Waals surface area contributed by atoms with E-state index in [1.54, 1.807) is 24.3 Å². The van der Waals surface area contributed by atoms with E-state index in [2.05, 4.69) is 4.98 Å². The first-order valence-corrected chi connectivity index (χ1v) is 10.9. The summed E-state index contributed by atoms with van der Waals surface area (Å²) in [4.78, 5) is 28.1. The average Bonchev–Trinajstić information content (AvgIpc) is 3.44. The molecule has 0 aliphatic rings. The Hall–Kier alpha value is -3.97. The summed E-state index contributed by atoms with van der Waals surface area (Å²) in [5.74, 6) is -0.287.